The van der Waals surface area contributed by atoms with Gasteiger partial charge >= 0.3 is 0 Å². The molecular formula is C21H21N3O2S. The third-order valence-electron chi connectivity index (χ3n) is 4.30. The molecule has 0 aliphatic carbocycles. The van der Waals surface area contributed by atoms with E-state index >= 15 is 0 Å². The average molecular weight is 379 g/mol. The Labute approximate surface area is 162 Å². The van der Waals surface area contributed by atoms with E-state index in [-0.39, 0.29) is 5.41 Å². The zero-order valence-corrected chi connectivity index (χ0v) is 16.4. The lowest BCUT2D eigenvalue weighted by Gasteiger charge is -2.18. The minimum absolute atomic E-state index is 0.124. The maximum atomic E-state index is 5.72. The molecule has 4 rings (SSSR count). The standard InChI is InChI=1S/C21H21N3O2S/c1-21(2,3)15-10-8-14(9-11-15)20-23-18(26-24-20)13-27-19-12-25-17-7-5-4-6-16(17)22-19/h4-11H,12-13H2,1-3H3. The van der Waals surface area contributed by atoms with E-state index in [4.69, 9.17) is 9.26 Å². The number of hydrogen-bond acceptors (Lipinski definition) is 6. The molecule has 0 unspecified atom stereocenters. The molecule has 1 aliphatic heterocycles. The number of aliphatic imine (C=N–C) groups is 1. The molecule has 0 fully saturated rings. The summed E-state index contributed by atoms with van der Waals surface area (Å²) in [5, 5.41) is 5.01. The predicted octanol–water partition coefficient (Wildman–Crippen LogP) is 5.39. The van der Waals surface area contributed by atoms with Gasteiger partial charge in [0.25, 0.3) is 0 Å². The van der Waals surface area contributed by atoms with Crippen LogP contribution in [0, 0.1) is 0 Å². The molecular weight excluding hydrogens is 358 g/mol. The lowest BCUT2D eigenvalue weighted by Crippen LogP contribution is -2.12. The van der Waals surface area contributed by atoms with E-state index in [9.17, 15) is 0 Å². The Balaban J connectivity index is 1.42. The van der Waals surface area contributed by atoms with Crippen molar-refractivity contribution >= 4 is 22.5 Å². The Morgan fingerprint density at radius 3 is 2.59 bits per heavy atom. The molecule has 0 saturated carbocycles. The van der Waals surface area contributed by atoms with Crippen molar-refractivity contribution in [1.29, 1.82) is 0 Å². The van der Waals surface area contributed by atoms with Gasteiger partial charge in [-0.25, -0.2) is 4.99 Å². The summed E-state index contributed by atoms with van der Waals surface area (Å²) in [6.07, 6.45) is 0. The molecule has 0 amide bonds. The number of ether oxygens (including phenoxy) is 1. The van der Waals surface area contributed by atoms with Crippen molar-refractivity contribution in [2.24, 2.45) is 4.99 Å². The van der Waals surface area contributed by atoms with Crippen molar-refractivity contribution in [2.45, 2.75) is 31.9 Å². The normalized spacial score (nSPS) is 13.7. The second kappa shape index (κ2) is 7.19. The highest BCUT2D eigenvalue weighted by molar-refractivity contribution is 8.13. The molecule has 2 heterocycles. The molecule has 1 aliphatic rings. The van der Waals surface area contributed by atoms with Gasteiger partial charge in [-0.05, 0) is 23.1 Å². The lowest BCUT2D eigenvalue weighted by atomic mass is 9.87. The van der Waals surface area contributed by atoms with Gasteiger partial charge in [-0.1, -0.05) is 74.1 Å². The first-order valence-corrected chi connectivity index (χ1v) is 9.83. The topological polar surface area (TPSA) is 60.5 Å². The van der Waals surface area contributed by atoms with Gasteiger partial charge in [-0.2, -0.15) is 4.98 Å². The third-order valence-corrected chi connectivity index (χ3v) is 5.23. The second-order valence-corrected chi connectivity index (χ2v) is 8.44. The van der Waals surface area contributed by atoms with E-state index in [0.717, 1.165) is 22.0 Å². The number of fused-ring (bicyclic) bond motifs is 1. The zero-order chi connectivity index (χ0) is 18.9. The van der Waals surface area contributed by atoms with Crippen LogP contribution in [0.5, 0.6) is 5.75 Å². The van der Waals surface area contributed by atoms with Crippen LogP contribution in [0.3, 0.4) is 0 Å². The first-order chi connectivity index (χ1) is 13.0. The SMILES string of the molecule is CC(C)(C)c1ccc(-c2noc(CSC3=Nc4ccccc4OC3)n2)cc1. The van der Waals surface area contributed by atoms with Crippen LogP contribution in [0.2, 0.25) is 0 Å². The number of thioether (sulfide) groups is 1. The van der Waals surface area contributed by atoms with Gasteiger partial charge in [0.15, 0.2) is 0 Å². The fourth-order valence-electron chi connectivity index (χ4n) is 2.75. The summed E-state index contributed by atoms with van der Waals surface area (Å²) in [6.45, 7) is 7.06. The highest BCUT2D eigenvalue weighted by Crippen LogP contribution is 2.32. The summed E-state index contributed by atoms with van der Waals surface area (Å²) >= 11 is 1.56. The Hall–Kier alpha value is -2.60. The highest BCUT2D eigenvalue weighted by Gasteiger charge is 2.16. The van der Waals surface area contributed by atoms with Crippen LogP contribution >= 0.6 is 11.8 Å². The first kappa shape index (κ1) is 17.8. The van der Waals surface area contributed by atoms with Gasteiger partial charge in [0.2, 0.25) is 11.7 Å². The van der Waals surface area contributed by atoms with Gasteiger partial charge in [-0.15, -0.1) is 0 Å². The van der Waals surface area contributed by atoms with Crippen LogP contribution in [0.4, 0.5) is 5.69 Å². The molecule has 0 radical (unpaired) electrons. The van der Waals surface area contributed by atoms with E-state index in [1.54, 1.807) is 11.8 Å². The van der Waals surface area contributed by atoms with Crippen LogP contribution in [-0.2, 0) is 11.2 Å². The molecule has 0 saturated heterocycles. The van der Waals surface area contributed by atoms with Crippen LogP contribution < -0.4 is 4.74 Å². The first-order valence-electron chi connectivity index (χ1n) is 8.85. The number of para-hydroxylation sites is 2. The van der Waals surface area contributed by atoms with Crippen LogP contribution in [0.25, 0.3) is 11.4 Å². The van der Waals surface area contributed by atoms with E-state index < -0.39 is 0 Å². The van der Waals surface area contributed by atoms with Crippen molar-refractivity contribution in [3.8, 4) is 17.1 Å². The maximum absolute atomic E-state index is 5.72. The average Bonchev–Trinajstić information content (AvgIpc) is 3.15. The Kier molecular flexibility index (Phi) is 4.74. The summed E-state index contributed by atoms with van der Waals surface area (Å²) in [4.78, 5) is 9.13. The highest BCUT2D eigenvalue weighted by atomic mass is 32.2. The Bertz CT molecular complexity index is 972. The molecule has 1 aromatic heterocycles. The summed E-state index contributed by atoms with van der Waals surface area (Å²) in [5.41, 5.74) is 3.21. The van der Waals surface area contributed by atoms with Crippen LogP contribution in [0.1, 0.15) is 32.2 Å². The molecule has 6 heteroatoms. The fraction of sp³-hybridized carbons (Fsp3) is 0.286. The number of benzene rings is 2. The van der Waals surface area contributed by atoms with Crippen molar-refractivity contribution < 1.29 is 9.26 Å². The third kappa shape index (κ3) is 4.06. The van der Waals surface area contributed by atoms with E-state index in [1.807, 2.05) is 36.4 Å². The molecule has 3 aromatic rings. The van der Waals surface area contributed by atoms with Gasteiger partial charge in [0.1, 0.15) is 23.1 Å². The fourth-order valence-corrected chi connectivity index (χ4v) is 3.46. The van der Waals surface area contributed by atoms with Crippen molar-refractivity contribution in [3.05, 3.63) is 60.0 Å². The molecule has 0 atom stereocenters. The smallest absolute Gasteiger partial charge is 0.237 e. The minimum atomic E-state index is 0.124. The lowest BCUT2D eigenvalue weighted by molar-refractivity contribution is 0.375. The van der Waals surface area contributed by atoms with Crippen LogP contribution in [0.15, 0.2) is 58.0 Å². The number of aromatic nitrogens is 2. The van der Waals surface area contributed by atoms with E-state index in [2.05, 4.69) is 48.0 Å². The molecule has 5 nitrogen and oxygen atoms in total. The van der Waals surface area contributed by atoms with Crippen LogP contribution in [-0.4, -0.2) is 21.8 Å². The number of nitrogens with zero attached hydrogens (tertiary/aromatic N) is 3. The van der Waals surface area contributed by atoms with Gasteiger partial charge < -0.3 is 9.26 Å². The van der Waals surface area contributed by atoms with Crippen molar-refractivity contribution in [1.82, 2.24) is 10.1 Å². The summed E-state index contributed by atoms with van der Waals surface area (Å²) in [7, 11) is 0. The van der Waals surface area contributed by atoms with Crippen molar-refractivity contribution in [3.63, 3.8) is 0 Å². The van der Waals surface area contributed by atoms with E-state index in [1.165, 1.54) is 5.56 Å². The van der Waals surface area contributed by atoms with Gasteiger partial charge in [-0.3, -0.25) is 0 Å². The minimum Gasteiger partial charge on any atom is -0.484 e. The molecule has 0 bridgehead atoms. The van der Waals surface area contributed by atoms with Gasteiger partial charge in [0.05, 0.1) is 5.75 Å². The molecule has 27 heavy (non-hydrogen) atoms. The van der Waals surface area contributed by atoms with E-state index in [0.29, 0.717) is 24.1 Å². The predicted molar refractivity (Wildman–Crippen MR) is 109 cm³/mol. The zero-order valence-electron chi connectivity index (χ0n) is 15.6. The Morgan fingerprint density at radius 1 is 1.04 bits per heavy atom. The molecule has 2 aromatic carbocycles. The molecule has 0 spiro atoms. The second-order valence-electron chi connectivity index (χ2n) is 7.39. The number of hydrogen-bond donors (Lipinski definition) is 0. The Morgan fingerprint density at radius 2 is 1.81 bits per heavy atom. The number of rotatable bonds is 3. The van der Waals surface area contributed by atoms with Crippen molar-refractivity contribution in [2.75, 3.05) is 6.61 Å². The maximum Gasteiger partial charge on any atom is 0.237 e. The molecule has 138 valence electrons. The summed E-state index contributed by atoms with van der Waals surface area (Å²) < 4.78 is 11.1. The summed E-state index contributed by atoms with van der Waals surface area (Å²) in [6, 6.07) is 16.1. The quantitative estimate of drug-likeness (QED) is 0.610. The summed E-state index contributed by atoms with van der Waals surface area (Å²) in [5.74, 6) is 2.58. The monoisotopic (exact) mass is 379 g/mol. The van der Waals surface area contributed by atoms with Gasteiger partial charge in [0, 0.05) is 5.56 Å². The largest absolute Gasteiger partial charge is 0.484 e. The molecule has 0 N–H and O–H groups in total.